The summed E-state index contributed by atoms with van der Waals surface area (Å²) in [5.74, 6) is 1.95. The molecule has 0 radical (unpaired) electrons. The van der Waals surface area contributed by atoms with Gasteiger partial charge >= 0.3 is 0 Å². The number of nitrogens with one attached hydrogen (secondary N) is 1. The molecule has 0 aromatic rings. The normalized spacial score (nSPS) is 41.1. The van der Waals surface area contributed by atoms with E-state index in [4.69, 9.17) is 0 Å². The molecule has 0 spiro atoms. The van der Waals surface area contributed by atoms with Crippen molar-refractivity contribution in [2.24, 2.45) is 16.1 Å². The van der Waals surface area contributed by atoms with Crippen molar-refractivity contribution >= 4 is 12.2 Å². The fraction of sp³-hybridized carbons (Fsp3) is 0.846. The Morgan fingerprint density at radius 1 is 1.33 bits per heavy atom. The largest absolute Gasteiger partial charge is 0.351 e. The molecule has 2 fully saturated rings. The Morgan fingerprint density at radius 2 is 2.22 bits per heavy atom. The van der Waals surface area contributed by atoms with Crippen LogP contribution in [-0.4, -0.2) is 40.3 Å². The Labute approximate surface area is 108 Å². The van der Waals surface area contributed by atoms with Gasteiger partial charge in [-0.15, -0.1) is 0 Å². The molecule has 0 bridgehead atoms. The Balaban J connectivity index is 1.61. The maximum atomic E-state index is 4.62. The average molecular weight is 247 g/mol. The first-order valence-electron chi connectivity index (χ1n) is 7.31. The summed E-state index contributed by atoms with van der Waals surface area (Å²) in [4.78, 5) is 2.52. The lowest BCUT2D eigenvalue weighted by atomic mass is 9.84. The lowest BCUT2D eigenvalue weighted by Gasteiger charge is -2.39. The van der Waals surface area contributed by atoms with Crippen LogP contribution in [0.5, 0.6) is 0 Å². The molecule has 98 valence electrons. The van der Waals surface area contributed by atoms with E-state index < -0.39 is 0 Å². The van der Waals surface area contributed by atoms with Gasteiger partial charge < -0.3 is 4.90 Å². The van der Waals surface area contributed by atoms with Gasteiger partial charge in [-0.3, -0.25) is 5.43 Å². The minimum Gasteiger partial charge on any atom is -0.351 e. The van der Waals surface area contributed by atoms with E-state index in [9.17, 15) is 0 Å². The number of nitrogens with zero attached hydrogens (tertiary/aromatic N) is 4. The van der Waals surface area contributed by atoms with Gasteiger partial charge in [0.1, 0.15) is 12.2 Å². The van der Waals surface area contributed by atoms with Crippen LogP contribution in [0.25, 0.3) is 0 Å². The summed E-state index contributed by atoms with van der Waals surface area (Å²) in [5.41, 5.74) is 3.30. The summed E-state index contributed by atoms with van der Waals surface area (Å²) in [5, 5.41) is 11.1. The van der Waals surface area contributed by atoms with Crippen molar-refractivity contribution in [3.63, 3.8) is 0 Å². The van der Waals surface area contributed by atoms with Gasteiger partial charge in [0, 0.05) is 12.5 Å². The van der Waals surface area contributed by atoms with Gasteiger partial charge in [-0.25, -0.2) is 5.01 Å². The quantitative estimate of drug-likeness (QED) is 0.764. The van der Waals surface area contributed by atoms with Gasteiger partial charge in [0.2, 0.25) is 0 Å². The first kappa shape index (κ1) is 10.6. The zero-order valence-corrected chi connectivity index (χ0v) is 10.9. The molecule has 18 heavy (non-hydrogen) atoms. The Morgan fingerprint density at radius 3 is 3.11 bits per heavy atom. The summed E-state index contributed by atoms with van der Waals surface area (Å²) in [6.45, 7) is 2.14. The lowest BCUT2D eigenvalue weighted by Crippen LogP contribution is -2.56. The number of rotatable bonds is 1. The van der Waals surface area contributed by atoms with Crippen molar-refractivity contribution in [1.29, 1.82) is 0 Å². The maximum Gasteiger partial charge on any atom is 0.158 e. The fourth-order valence-electron chi connectivity index (χ4n) is 4.15. The highest BCUT2D eigenvalue weighted by Crippen LogP contribution is 2.42. The van der Waals surface area contributed by atoms with Gasteiger partial charge in [0.25, 0.3) is 0 Å². The molecule has 4 rings (SSSR count). The van der Waals surface area contributed by atoms with Gasteiger partial charge in [0.15, 0.2) is 6.17 Å². The summed E-state index contributed by atoms with van der Waals surface area (Å²) >= 11 is 0. The SMILES string of the molecule is CCC1=NNC2C3CC4CCCCC4N3C=NN12. The average Bonchev–Trinajstić information content (AvgIpc) is 2.99. The predicted molar refractivity (Wildman–Crippen MR) is 71.0 cm³/mol. The molecule has 4 unspecified atom stereocenters. The molecule has 5 nitrogen and oxygen atoms in total. The smallest absolute Gasteiger partial charge is 0.158 e. The first-order valence-corrected chi connectivity index (χ1v) is 7.31. The molecule has 4 atom stereocenters. The number of amidine groups is 1. The van der Waals surface area contributed by atoms with E-state index in [1.54, 1.807) is 0 Å². The van der Waals surface area contributed by atoms with Crippen LogP contribution in [0.15, 0.2) is 10.2 Å². The molecule has 4 aliphatic rings. The van der Waals surface area contributed by atoms with Gasteiger partial charge in [-0.2, -0.15) is 10.2 Å². The molecule has 0 aromatic heterocycles. The molecule has 5 heteroatoms. The highest BCUT2D eigenvalue weighted by Gasteiger charge is 2.49. The molecule has 3 aliphatic heterocycles. The number of hydrogen-bond acceptors (Lipinski definition) is 5. The third-order valence-corrected chi connectivity index (χ3v) is 5.02. The zero-order valence-electron chi connectivity index (χ0n) is 10.9. The second-order valence-electron chi connectivity index (χ2n) is 5.89. The van der Waals surface area contributed by atoms with E-state index in [-0.39, 0.29) is 6.17 Å². The summed E-state index contributed by atoms with van der Waals surface area (Å²) < 4.78 is 0. The van der Waals surface area contributed by atoms with E-state index in [0.717, 1.165) is 24.2 Å². The van der Waals surface area contributed by atoms with Crippen LogP contribution in [0.2, 0.25) is 0 Å². The van der Waals surface area contributed by atoms with Gasteiger partial charge in [-0.05, 0) is 25.2 Å². The molecule has 1 saturated carbocycles. The van der Waals surface area contributed by atoms with Gasteiger partial charge in [-0.1, -0.05) is 19.8 Å². The highest BCUT2D eigenvalue weighted by molar-refractivity contribution is 5.84. The van der Waals surface area contributed by atoms with Crippen molar-refractivity contribution < 1.29 is 0 Å². The molecule has 1 saturated heterocycles. The molecular weight excluding hydrogens is 226 g/mol. The molecule has 0 aromatic carbocycles. The number of fused-ring (bicyclic) bond motifs is 5. The lowest BCUT2D eigenvalue weighted by molar-refractivity contribution is 0.146. The van der Waals surface area contributed by atoms with Crippen LogP contribution in [-0.2, 0) is 0 Å². The summed E-state index contributed by atoms with van der Waals surface area (Å²) in [6, 6.07) is 1.30. The minimum absolute atomic E-state index is 0.274. The van der Waals surface area contributed by atoms with Crippen molar-refractivity contribution in [3.8, 4) is 0 Å². The molecule has 0 amide bonds. The van der Waals surface area contributed by atoms with Crippen LogP contribution >= 0.6 is 0 Å². The van der Waals surface area contributed by atoms with E-state index in [2.05, 4.69) is 38.8 Å². The second kappa shape index (κ2) is 3.87. The van der Waals surface area contributed by atoms with Crippen molar-refractivity contribution in [2.45, 2.75) is 63.7 Å². The van der Waals surface area contributed by atoms with E-state index in [1.165, 1.54) is 32.1 Å². The Kier molecular flexibility index (Phi) is 2.29. The molecule has 3 heterocycles. The standard InChI is InChI=1S/C13H21N5/c1-2-12-15-16-13-11-7-9-5-3-4-6-10(9)17(11)8-14-18(12)13/h8-11,13,16H,2-7H2,1H3. The van der Waals surface area contributed by atoms with Crippen LogP contribution in [0.4, 0.5) is 0 Å². The zero-order chi connectivity index (χ0) is 12.1. The molecule has 1 N–H and O–H groups in total. The maximum absolute atomic E-state index is 4.62. The Bertz CT molecular complexity index is 404. The third-order valence-electron chi connectivity index (χ3n) is 5.02. The minimum atomic E-state index is 0.274. The van der Waals surface area contributed by atoms with Crippen molar-refractivity contribution in [2.75, 3.05) is 0 Å². The number of hydrazone groups is 2. The molecule has 1 aliphatic carbocycles. The van der Waals surface area contributed by atoms with Crippen molar-refractivity contribution in [1.82, 2.24) is 15.3 Å². The second-order valence-corrected chi connectivity index (χ2v) is 5.89. The molecular formula is C13H21N5. The first-order chi connectivity index (χ1) is 8.88. The van der Waals surface area contributed by atoms with Crippen molar-refractivity contribution in [3.05, 3.63) is 0 Å². The Hall–Kier alpha value is -1.26. The van der Waals surface area contributed by atoms with Gasteiger partial charge in [0.05, 0.1) is 6.04 Å². The predicted octanol–water partition coefficient (Wildman–Crippen LogP) is 1.53. The summed E-state index contributed by atoms with van der Waals surface area (Å²) in [7, 11) is 0. The van der Waals surface area contributed by atoms with Crippen LogP contribution in [0.3, 0.4) is 0 Å². The van der Waals surface area contributed by atoms with Crippen LogP contribution in [0.1, 0.15) is 45.4 Å². The monoisotopic (exact) mass is 247 g/mol. The van der Waals surface area contributed by atoms with E-state index >= 15 is 0 Å². The summed E-state index contributed by atoms with van der Waals surface area (Å²) in [6.07, 6.45) is 10.2. The van der Waals surface area contributed by atoms with Crippen LogP contribution < -0.4 is 5.43 Å². The highest BCUT2D eigenvalue weighted by atomic mass is 15.7. The van der Waals surface area contributed by atoms with Crippen LogP contribution in [0, 0.1) is 5.92 Å². The topological polar surface area (TPSA) is 43.2 Å². The number of hydrogen-bond donors (Lipinski definition) is 1. The van der Waals surface area contributed by atoms with E-state index in [0.29, 0.717) is 6.04 Å². The third kappa shape index (κ3) is 1.33. The fourth-order valence-corrected chi connectivity index (χ4v) is 4.15. The van der Waals surface area contributed by atoms with E-state index in [1.807, 2.05) is 0 Å².